The number of carbonyl (C=O) groups is 2. The minimum atomic E-state index is -4.80. The smallest absolute Gasteiger partial charge is 0.354 e. The molecule has 3 fully saturated rings. The maximum Gasteiger partial charge on any atom is 0.471 e. The number of hydrogen-bond acceptors (Lipinski definition) is 3. The van der Waals surface area contributed by atoms with E-state index in [2.05, 4.69) is 10.6 Å². The van der Waals surface area contributed by atoms with Crippen LogP contribution in [0.15, 0.2) is 0 Å². The molecule has 150 valence electrons. The first-order valence-electron chi connectivity index (χ1n) is 9.24. The molecule has 0 radical (unpaired) electrons. The molecular formula is C17H27ClF3N3O2. The Labute approximate surface area is 157 Å². The molecule has 9 heteroatoms. The van der Waals surface area contributed by atoms with Gasteiger partial charge in [0.25, 0.3) is 0 Å². The van der Waals surface area contributed by atoms with Gasteiger partial charge in [0.05, 0.1) is 6.04 Å². The number of likely N-dealkylation sites (tertiary alicyclic amines) is 1. The molecule has 0 spiro atoms. The van der Waals surface area contributed by atoms with Gasteiger partial charge in [-0.1, -0.05) is 12.8 Å². The van der Waals surface area contributed by atoms with Gasteiger partial charge in [-0.3, -0.25) is 9.59 Å². The first-order valence-corrected chi connectivity index (χ1v) is 9.24. The van der Waals surface area contributed by atoms with Gasteiger partial charge in [0.2, 0.25) is 5.91 Å². The standard InChI is InChI=1S/C17H26F3N3O2.ClH/c18-17(19,20)16(25)23-7-5-11(6-8-23)10-21-15(24)14-9-12-3-1-2-4-13(12)22-14;/h11-14,22H,1-10H2,(H,21,24);1H. The van der Waals surface area contributed by atoms with Gasteiger partial charge in [-0.2, -0.15) is 13.2 Å². The maximum atomic E-state index is 12.4. The summed E-state index contributed by atoms with van der Waals surface area (Å²) in [6, 6.07) is 0.320. The minimum Gasteiger partial charge on any atom is -0.354 e. The summed E-state index contributed by atoms with van der Waals surface area (Å²) in [5.74, 6) is -1.03. The Morgan fingerprint density at radius 1 is 1.08 bits per heavy atom. The molecule has 0 bridgehead atoms. The van der Waals surface area contributed by atoms with Crippen molar-refractivity contribution in [2.24, 2.45) is 11.8 Å². The SMILES string of the molecule is Cl.O=C(NCC1CCN(C(=O)C(F)(F)F)CC1)C1CC2CCCCC2N1. The zero-order chi connectivity index (χ0) is 18.0. The van der Waals surface area contributed by atoms with Crippen LogP contribution in [-0.4, -0.2) is 54.6 Å². The number of nitrogens with zero attached hydrogens (tertiary/aromatic N) is 1. The Morgan fingerprint density at radius 3 is 2.35 bits per heavy atom. The second-order valence-corrected chi connectivity index (χ2v) is 7.58. The molecular weight excluding hydrogens is 371 g/mol. The van der Waals surface area contributed by atoms with Crippen molar-refractivity contribution in [1.29, 1.82) is 0 Å². The predicted molar refractivity (Wildman–Crippen MR) is 92.9 cm³/mol. The second-order valence-electron chi connectivity index (χ2n) is 7.58. The molecule has 1 saturated carbocycles. The molecule has 3 aliphatic rings. The van der Waals surface area contributed by atoms with Crippen molar-refractivity contribution in [3.05, 3.63) is 0 Å². The highest BCUT2D eigenvalue weighted by molar-refractivity contribution is 5.85. The molecule has 0 aromatic heterocycles. The number of hydrogen-bond donors (Lipinski definition) is 2. The number of piperidine rings is 1. The third-order valence-electron chi connectivity index (χ3n) is 5.89. The fourth-order valence-corrected chi connectivity index (χ4v) is 4.41. The van der Waals surface area contributed by atoms with E-state index in [0.29, 0.717) is 31.3 Å². The van der Waals surface area contributed by atoms with Gasteiger partial charge in [0.15, 0.2) is 0 Å². The predicted octanol–water partition coefficient (Wildman–Crippen LogP) is 2.25. The Bertz CT molecular complexity index is 496. The summed E-state index contributed by atoms with van der Waals surface area (Å²) in [4.78, 5) is 24.4. The molecule has 2 aliphatic heterocycles. The van der Waals surface area contributed by atoms with Crippen LogP contribution in [0.25, 0.3) is 0 Å². The monoisotopic (exact) mass is 397 g/mol. The fourth-order valence-electron chi connectivity index (χ4n) is 4.41. The number of carbonyl (C=O) groups excluding carboxylic acids is 2. The molecule has 0 aromatic rings. The van der Waals surface area contributed by atoms with E-state index in [-0.39, 0.29) is 43.4 Å². The molecule has 2 amide bonds. The highest BCUT2D eigenvalue weighted by Crippen LogP contribution is 2.33. The molecule has 2 saturated heterocycles. The molecule has 2 heterocycles. The van der Waals surface area contributed by atoms with Gasteiger partial charge < -0.3 is 15.5 Å². The van der Waals surface area contributed by atoms with E-state index in [9.17, 15) is 22.8 Å². The summed E-state index contributed by atoms with van der Waals surface area (Å²) in [6.07, 6.45) is 1.86. The average Bonchev–Trinajstić information content (AvgIpc) is 3.03. The van der Waals surface area contributed by atoms with Crippen molar-refractivity contribution in [3.63, 3.8) is 0 Å². The van der Waals surface area contributed by atoms with Crippen LogP contribution in [0.2, 0.25) is 0 Å². The van der Waals surface area contributed by atoms with Gasteiger partial charge in [0.1, 0.15) is 0 Å². The Morgan fingerprint density at radius 2 is 1.73 bits per heavy atom. The lowest BCUT2D eigenvalue weighted by atomic mass is 9.85. The van der Waals surface area contributed by atoms with E-state index in [1.165, 1.54) is 19.3 Å². The van der Waals surface area contributed by atoms with Crippen LogP contribution in [-0.2, 0) is 9.59 Å². The maximum absolute atomic E-state index is 12.4. The lowest BCUT2D eigenvalue weighted by Gasteiger charge is -2.32. The topological polar surface area (TPSA) is 61.4 Å². The van der Waals surface area contributed by atoms with Crippen LogP contribution in [0.5, 0.6) is 0 Å². The first kappa shape index (κ1) is 21.3. The third kappa shape index (κ3) is 5.03. The van der Waals surface area contributed by atoms with E-state index >= 15 is 0 Å². The van der Waals surface area contributed by atoms with Gasteiger partial charge >= 0.3 is 12.1 Å². The number of amides is 2. The van der Waals surface area contributed by atoms with E-state index in [4.69, 9.17) is 0 Å². The molecule has 3 rings (SSSR count). The van der Waals surface area contributed by atoms with Crippen LogP contribution in [0.4, 0.5) is 13.2 Å². The van der Waals surface area contributed by atoms with Crippen molar-refractivity contribution in [2.45, 2.75) is 63.2 Å². The third-order valence-corrected chi connectivity index (χ3v) is 5.89. The van der Waals surface area contributed by atoms with Crippen LogP contribution in [0, 0.1) is 11.8 Å². The molecule has 0 aromatic carbocycles. The van der Waals surface area contributed by atoms with Crippen LogP contribution in [0.3, 0.4) is 0 Å². The Balaban J connectivity index is 0.00000243. The molecule has 1 aliphatic carbocycles. The quantitative estimate of drug-likeness (QED) is 0.767. The lowest BCUT2D eigenvalue weighted by molar-refractivity contribution is -0.186. The van der Waals surface area contributed by atoms with Crippen molar-refractivity contribution >= 4 is 24.2 Å². The average molecular weight is 398 g/mol. The van der Waals surface area contributed by atoms with E-state index in [1.54, 1.807) is 0 Å². The molecule has 5 nitrogen and oxygen atoms in total. The lowest BCUT2D eigenvalue weighted by Crippen LogP contribution is -2.48. The summed E-state index contributed by atoms with van der Waals surface area (Å²) in [5, 5.41) is 6.38. The first-order chi connectivity index (χ1) is 11.8. The molecule has 2 N–H and O–H groups in total. The summed E-state index contributed by atoms with van der Waals surface area (Å²) in [7, 11) is 0. The van der Waals surface area contributed by atoms with Crippen molar-refractivity contribution in [3.8, 4) is 0 Å². The van der Waals surface area contributed by atoms with Crippen LogP contribution in [0.1, 0.15) is 44.9 Å². The number of halogens is 4. The number of nitrogens with one attached hydrogen (secondary N) is 2. The zero-order valence-electron chi connectivity index (χ0n) is 14.7. The van der Waals surface area contributed by atoms with Gasteiger partial charge in [-0.25, -0.2) is 0 Å². The summed E-state index contributed by atoms with van der Waals surface area (Å²) in [5.41, 5.74) is 0. The zero-order valence-corrected chi connectivity index (χ0v) is 15.5. The largest absolute Gasteiger partial charge is 0.471 e. The Kier molecular flexibility index (Phi) is 7.19. The van der Waals surface area contributed by atoms with Crippen LogP contribution >= 0.6 is 12.4 Å². The van der Waals surface area contributed by atoms with E-state index in [0.717, 1.165) is 17.7 Å². The van der Waals surface area contributed by atoms with Gasteiger partial charge in [-0.15, -0.1) is 12.4 Å². The molecule has 26 heavy (non-hydrogen) atoms. The summed E-state index contributed by atoms with van der Waals surface area (Å²) >= 11 is 0. The molecule has 3 atom stereocenters. The number of fused-ring (bicyclic) bond motifs is 1. The van der Waals surface area contributed by atoms with Crippen molar-refractivity contribution < 1.29 is 22.8 Å². The van der Waals surface area contributed by atoms with E-state index in [1.807, 2.05) is 0 Å². The van der Waals surface area contributed by atoms with Gasteiger partial charge in [-0.05, 0) is 43.9 Å². The number of rotatable bonds is 3. The normalized spacial score (nSPS) is 29.7. The fraction of sp³-hybridized carbons (Fsp3) is 0.882. The van der Waals surface area contributed by atoms with Gasteiger partial charge in [0, 0.05) is 25.7 Å². The highest BCUT2D eigenvalue weighted by atomic mass is 35.5. The Hall–Kier alpha value is -1.02. The summed E-state index contributed by atoms with van der Waals surface area (Å²) < 4.78 is 37.3. The summed E-state index contributed by atoms with van der Waals surface area (Å²) in [6.45, 7) is 0.676. The second kappa shape index (κ2) is 8.78. The minimum absolute atomic E-state index is 0. The molecule has 3 unspecified atom stereocenters. The number of alkyl halides is 3. The van der Waals surface area contributed by atoms with E-state index < -0.39 is 12.1 Å². The van der Waals surface area contributed by atoms with Crippen molar-refractivity contribution in [2.75, 3.05) is 19.6 Å². The van der Waals surface area contributed by atoms with Crippen LogP contribution < -0.4 is 10.6 Å². The van der Waals surface area contributed by atoms with Crippen molar-refractivity contribution in [1.82, 2.24) is 15.5 Å². The highest BCUT2D eigenvalue weighted by Gasteiger charge is 2.43.